The van der Waals surface area contributed by atoms with Gasteiger partial charge in [0, 0.05) is 24.7 Å². The van der Waals surface area contributed by atoms with E-state index in [0.717, 1.165) is 25.4 Å². The van der Waals surface area contributed by atoms with E-state index >= 15 is 0 Å². The van der Waals surface area contributed by atoms with Crippen LogP contribution in [-0.4, -0.2) is 74.7 Å². The van der Waals surface area contributed by atoms with Gasteiger partial charge in [0.2, 0.25) is 0 Å². The maximum absolute atomic E-state index is 5.82. The van der Waals surface area contributed by atoms with Crippen molar-refractivity contribution >= 4 is 0 Å². The molecule has 0 aliphatic carbocycles. The highest BCUT2D eigenvalue weighted by atomic mass is 16.5. The Morgan fingerprint density at radius 3 is 2.80 bits per heavy atom. The highest BCUT2D eigenvalue weighted by molar-refractivity contribution is 5.33. The van der Waals surface area contributed by atoms with Gasteiger partial charge in [-0.15, -0.1) is 0 Å². The molecular formula is C21H35N3O. The number of rotatable bonds is 10. The van der Waals surface area contributed by atoms with Crippen LogP contribution in [0, 0.1) is 0 Å². The predicted molar refractivity (Wildman–Crippen MR) is 106 cm³/mol. The Bertz CT molecular complexity index is 518. The number of hydrogen-bond donors (Lipinski definition) is 0. The van der Waals surface area contributed by atoms with Crippen molar-refractivity contribution in [3.63, 3.8) is 0 Å². The highest BCUT2D eigenvalue weighted by Crippen LogP contribution is 2.23. The van der Waals surface area contributed by atoms with Gasteiger partial charge in [-0.1, -0.05) is 30.9 Å². The lowest BCUT2D eigenvalue weighted by atomic mass is 10.0. The van der Waals surface area contributed by atoms with Crippen LogP contribution >= 0.6 is 0 Å². The Morgan fingerprint density at radius 1 is 1.24 bits per heavy atom. The topological polar surface area (TPSA) is 19.0 Å². The summed E-state index contributed by atoms with van der Waals surface area (Å²) in [6.07, 6.45) is 5.62. The van der Waals surface area contributed by atoms with Gasteiger partial charge in [-0.05, 0) is 66.1 Å². The third-order valence-electron chi connectivity index (χ3n) is 4.94. The van der Waals surface area contributed by atoms with Gasteiger partial charge in [0.25, 0.3) is 0 Å². The molecule has 0 bridgehead atoms. The largest absolute Gasteiger partial charge is 0.489 e. The van der Waals surface area contributed by atoms with Gasteiger partial charge in [0.15, 0.2) is 0 Å². The normalized spacial score (nSPS) is 18.7. The fourth-order valence-corrected chi connectivity index (χ4v) is 3.52. The van der Waals surface area contributed by atoms with Crippen LogP contribution in [0.1, 0.15) is 24.8 Å². The number of para-hydroxylation sites is 1. The number of likely N-dealkylation sites (N-methyl/N-ethyl adjacent to an activating group) is 1. The molecule has 4 heteroatoms. The summed E-state index contributed by atoms with van der Waals surface area (Å²) < 4.78 is 5.82. The maximum atomic E-state index is 5.82. The van der Waals surface area contributed by atoms with Gasteiger partial charge >= 0.3 is 0 Å². The van der Waals surface area contributed by atoms with Crippen molar-refractivity contribution < 1.29 is 4.74 Å². The third kappa shape index (κ3) is 6.81. The Kier molecular flexibility index (Phi) is 8.45. The minimum Gasteiger partial charge on any atom is -0.489 e. The number of benzene rings is 1. The molecule has 2 rings (SSSR count). The zero-order valence-electron chi connectivity index (χ0n) is 16.3. The molecule has 0 saturated carbocycles. The molecular weight excluding hydrogens is 310 g/mol. The molecule has 1 heterocycles. The van der Waals surface area contributed by atoms with Crippen molar-refractivity contribution in [1.29, 1.82) is 0 Å². The van der Waals surface area contributed by atoms with Crippen LogP contribution < -0.4 is 4.74 Å². The monoisotopic (exact) mass is 345 g/mol. The summed E-state index contributed by atoms with van der Waals surface area (Å²) in [5.41, 5.74) is 1.28. The first-order valence-electron chi connectivity index (χ1n) is 9.49. The second kappa shape index (κ2) is 10.6. The fourth-order valence-electron chi connectivity index (χ4n) is 3.52. The number of likely N-dealkylation sites (tertiary alicyclic amines) is 1. The van der Waals surface area contributed by atoms with E-state index in [1.165, 1.54) is 37.9 Å². The predicted octanol–water partition coefficient (Wildman–Crippen LogP) is 3.10. The van der Waals surface area contributed by atoms with E-state index in [2.05, 4.69) is 60.6 Å². The third-order valence-corrected chi connectivity index (χ3v) is 4.94. The molecule has 1 fully saturated rings. The van der Waals surface area contributed by atoms with Gasteiger partial charge in [0.05, 0.1) is 0 Å². The van der Waals surface area contributed by atoms with Crippen molar-refractivity contribution in [3.05, 3.63) is 42.5 Å². The lowest BCUT2D eigenvalue weighted by Gasteiger charge is -2.38. The molecule has 1 aromatic rings. The maximum Gasteiger partial charge on any atom is 0.124 e. The molecule has 140 valence electrons. The van der Waals surface area contributed by atoms with Crippen LogP contribution in [0.15, 0.2) is 36.9 Å². The molecule has 25 heavy (non-hydrogen) atoms. The van der Waals surface area contributed by atoms with Crippen LogP contribution in [0.25, 0.3) is 0 Å². The van der Waals surface area contributed by atoms with Crippen molar-refractivity contribution in [2.45, 2.75) is 31.8 Å². The molecule has 0 aromatic heterocycles. The fraction of sp³-hybridized carbons (Fsp3) is 0.619. The summed E-state index contributed by atoms with van der Waals surface area (Å²) in [5, 5.41) is 0. The Morgan fingerprint density at radius 2 is 2.04 bits per heavy atom. The molecule has 1 unspecified atom stereocenters. The SMILES string of the molecule is C=CCOc1ccccc1CN1CCCC(N(C)CCCN(C)C)C1. The minimum atomic E-state index is 0.564. The Balaban J connectivity index is 1.87. The molecule has 0 N–H and O–H groups in total. The Hall–Kier alpha value is -1.36. The number of hydrogen-bond acceptors (Lipinski definition) is 4. The van der Waals surface area contributed by atoms with Crippen molar-refractivity contribution in [2.75, 3.05) is 53.9 Å². The van der Waals surface area contributed by atoms with Gasteiger partial charge in [-0.25, -0.2) is 0 Å². The van der Waals surface area contributed by atoms with Crippen molar-refractivity contribution in [3.8, 4) is 5.75 Å². The summed E-state index contributed by atoms with van der Waals surface area (Å²) >= 11 is 0. The molecule has 1 aliphatic rings. The summed E-state index contributed by atoms with van der Waals surface area (Å²) in [4.78, 5) is 7.39. The molecule has 0 radical (unpaired) electrons. The Labute approximate surface area is 154 Å². The van der Waals surface area contributed by atoms with Crippen LogP contribution in [0.2, 0.25) is 0 Å². The van der Waals surface area contributed by atoms with Gasteiger partial charge in [-0.2, -0.15) is 0 Å². The van der Waals surface area contributed by atoms with E-state index in [4.69, 9.17) is 4.74 Å². The van der Waals surface area contributed by atoms with E-state index in [-0.39, 0.29) is 0 Å². The molecule has 1 saturated heterocycles. The summed E-state index contributed by atoms with van der Waals surface area (Å²) in [5.74, 6) is 0.990. The smallest absolute Gasteiger partial charge is 0.124 e. The molecule has 0 spiro atoms. The average Bonchev–Trinajstić information content (AvgIpc) is 2.61. The lowest BCUT2D eigenvalue weighted by molar-refractivity contribution is 0.108. The molecule has 0 amide bonds. The molecule has 1 atom stereocenters. The quantitative estimate of drug-likeness (QED) is 0.607. The first kappa shape index (κ1) is 20.0. The molecule has 1 aromatic carbocycles. The average molecular weight is 346 g/mol. The zero-order chi connectivity index (χ0) is 18.1. The summed E-state index contributed by atoms with van der Waals surface area (Å²) in [7, 11) is 6.58. The summed E-state index contributed by atoms with van der Waals surface area (Å²) in [6, 6.07) is 9.05. The van der Waals surface area contributed by atoms with E-state index in [1.807, 2.05) is 6.07 Å². The summed E-state index contributed by atoms with van der Waals surface area (Å²) in [6.45, 7) is 9.94. The number of ether oxygens (including phenoxy) is 1. The number of piperidine rings is 1. The second-order valence-electron chi connectivity index (χ2n) is 7.38. The highest BCUT2D eigenvalue weighted by Gasteiger charge is 2.23. The second-order valence-corrected chi connectivity index (χ2v) is 7.38. The van der Waals surface area contributed by atoms with E-state index in [0.29, 0.717) is 12.6 Å². The molecule has 4 nitrogen and oxygen atoms in total. The van der Waals surface area contributed by atoms with Crippen LogP contribution in [0.5, 0.6) is 5.75 Å². The zero-order valence-corrected chi connectivity index (χ0v) is 16.3. The molecule has 1 aliphatic heterocycles. The first-order chi connectivity index (χ1) is 12.1. The van der Waals surface area contributed by atoms with Gasteiger partial charge in [-0.3, -0.25) is 4.90 Å². The van der Waals surface area contributed by atoms with Crippen LogP contribution in [0.3, 0.4) is 0 Å². The van der Waals surface area contributed by atoms with Gasteiger partial charge in [0.1, 0.15) is 12.4 Å². The number of nitrogens with zero attached hydrogens (tertiary/aromatic N) is 3. The van der Waals surface area contributed by atoms with Crippen molar-refractivity contribution in [1.82, 2.24) is 14.7 Å². The van der Waals surface area contributed by atoms with E-state index < -0.39 is 0 Å². The standard InChI is InChI=1S/C21H35N3O/c1-5-16-25-21-12-7-6-10-19(21)17-24-15-8-11-20(18-24)23(4)14-9-13-22(2)3/h5-7,10,12,20H,1,8-9,11,13-18H2,2-4H3. The lowest BCUT2D eigenvalue weighted by Crippen LogP contribution is -2.46. The van der Waals surface area contributed by atoms with Crippen LogP contribution in [0.4, 0.5) is 0 Å². The van der Waals surface area contributed by atoms with Crippen molar-refractivity contribution in [2.24, 2.45) is 0 Å². The minimum absolute atomic E-state index is 0.564. The van der Waals surface area contributed by atoms with E-state index in [9.17, 15) is 0 Å². The first-order valence-corrected chi connectivity index (χ1v) is 9.49. The van der Waals surface area contributed by atoms with E-state index in [1.54, 1.807) is 6.08 Å². The van der Waals surface area contributed by atoms with Crippen LogP contribution in [-0.2, 0) is 6.54 Å². The van der Waals surface area contributed by atoms with Gasteiger partial charge < -0.3 is 14.5 Å².